The molecule has 0 unspecified atom stereocenters. The van der Waals surface area contributed by atoms with Crippen molar-refractivity contribution in [1.82, 2.24) is 4.57 Å². The maximum Gasteiger partial charge on any atom is 0.259 e. The molecule has 1 aromatic heterocycles. The minimum Gasteiger partial charge on any atom is -0.494 e. The second kappa shape index (κ2) is 5.74. The Balaban J connectivity index is 2.13. The summed E-state index contributed by atoms with van der Waals surface area (Å²) in [6.45, 7) is 2.87. The van der Waals surface area contributed by atoms with Gasteiger partial charge in [0.1, 0.15) is 5.75 Å². The first-order valence-electron chi connectivity index (χ1n) is 7.44. The van der Waals surface area contributed by atoms with E-state index in [4.69, 9.17) is 10.5 Å². The van der Waals surface area contributed by atoms with Crippen LogP contribution < -0.4 is 16.0 Å². The van der Waals surface area contributed by atoms with Crippen LogP contribution in [0.4, 0.5) is 0 Å². The lowest BCUT2D eigenvalue weighted by Crippen LogP contribution is -2.27. The first-order chi connectivity index (χ1) is 10.2. The molecule has 0 fully saturated rings. The van der Waals surface area contributed by atoms with Gasteiger partial charge >= 0.3 is 0 Å². The van der Waals surface area contributed by atoms with E-state index in [1.807, 2.05) is 41.8 Å². The van der Waals surface area contributed by atoms with Gasteiger partial charge in [-0.25, -0.2) is 0 Å². The average molecular weight is 284 g/mol. The third-order valence-electron chi connectivity index (χ3n) is 3.95. The summed E-state index contributed by atoms with van der Waals surface area (Å²) in [5.41, 5.74) is 9.67. The first-order valence-corrected chi connectivity index (χ1v) is 7.44. The molecule has 0 atom stereocenters. The molecule has 1 aliphatic carbocycles. The number of nitrogens with zero attached hydrogens (tertiary/aromatic N) is 1. The van der Waals surface area contributed by atoms with Gasteiger partial charge in [0.2, 0.25) is 0 Å². The number of hydrogen-bond acceptors (Lipinski definition) is 3. The van der Waals surface area contributed by atoms with Gasteiger partial charge < -0.3 is 10.5 Å². The molecule has 1 aliphatic rings. The number of pyridine rings is 1. The molecule has 2 aromatic rings. The highest BCUT2D eigenvalue weighted by molar-refractivity contribution is 5.43. The molecule has 21 heavy (non-hydrogen) atoms. The monoisotopic (exact) mass is 284 g/mol. The fourth-order valence-electron chi connectivity index (χ4n) is 2.98. The van der Waals surface area contributed by atoms with E-state index in [-0.39, 0.29) is 12.1 Å². The summed E-state index contributed by atoms with van der Waals surface area (Å²) in [6, 6.07) is 9.66. The maximum atomic E-state index is 12.6. The van der Waals surface area contributed by atoms with Crippen molar-refractivity contribution in [2.45, 2.75) is 32.7 Å². The van der Waals surface area contributed by atoms with Crippen molar-refractivity contribution < 1.29 is 4.74 Å². The topological polar surface area (TPSA) is 57.2 Å². The van der Waals surface area contributed by atoms with Crippen LogP contribution in [0.5, 0.6) is 5.75 Å². The number of hydrogen-bond donors (Lipinski definition) is 1. The Hall–Kier alpha value is -2.07. The maximum absolute atomic E-state index is 12.6. The van der Waals surface area contributed by atoms with Gasteiger partial charge in [-0.3, -0.25) is 9.36 Å². The highest BCUT2D eigenvalue weighted by Crippen LogP contribution is 2.24. The fraction of sp³-hybridized carbons (Fsp3) is 0.353. The molecule has 0 bridgehead atoms. The highest BCUT2D eigenvalue weighted by Gasteiger charge is 2.19. The number of ether oxygens (including phenoxy) is 1. The van der Waals surface area contributed by atoms with E-state index < -0.39 is 0 Å². The van der Waals surface area contributed by atoms with Gasteiger partial charge in [-0.15, -0.1) is 0 Å². The predicted octanol–water partition coefficient (Wildman–Crippen LogP) is 2.18. The molecular formula is C17H20N2O2. The molecular weight excluding hydrogens is 264 g/mol. The van der Waals surface area contributed by atoms with E-state index in [1.54, 1.807) is 0 Å². The van der Waals surface area contributed by atoms with E-state index in [1.165, 1.54) is 5.56 Å². The van der Waals surface area contributed by atoms with Crippen molar-refractivity contribution in [2.75, 3.05) is 6.61 Å². The van der Waals surface area contributed by atoms with Crippen molar-refractivity contribution in [1.29, 1.82) is 0 Å². The summed E-state index contributed by atoms with van der Waals surface area (Å²) in [5.74, 6) is 0.820. The Morgan fingerprint density at radius 3 is 2.67 bits per heavy atom. The normalized spacial score (nSPS) is 13.2. The lowest BCUT2D eigenvalue weighted by molar-refractivity contribution is 0.340. The molecule has 4 heteroatoms. The van der Waals surface area contributed by atoms with E-state index in [9.17, 15) is 4.79 Å². The van der Waals surface area contributed by atoms with Crippen molar-refractivity contribution in [2.24, 2.45) is 5.73 Å². The average Bonchev–Trinajstić information content (AvgIpc) is 2.96. The summed E-state index contributed by atoms with van der Waals surface area (Å²) in [7, 11) is 0. The number of rotatable bonds is 4. The summed E-state index contributed by atoms with van der Waals surface area (Å²) < 4.78 is 7.28. The number of nitrogens with two attached hydrogens (primary N) is 1. The van der Waals surface area contributed by atoms with Crippen molar-refractivity contribution in [3.8, 4) is 11.4 Å². The van der Waals surface area contributed by atoms with Gasteiger partial charge in [0.25, 0.3) is 5.56 Å². The van der Waals surface area contributed by atoms with Crippen LogP contribution in [0, 0.1) is 0 Å². The molecule has 4 nitrogen and oxygen atoms in total. The van der Waals surface area contributed by atoms with Gasteiger partial charge in [0.15, 0.2) is 0 Å². The van der Waals surface area contributed by atoms with Crippen LogP contribution in [0.2, 0.25) is 0 Å². The quantitative estimate of drug-likeness (QED) is 0.936. The third kappa shape index (κ3) is 2.47. The SMILES string of the molecule is CCOc1ccc(-n2c3c(cc(CN)c2=O)CCC3)cc1. The minimum absolute atomic E-state index is 0.00214. The summed E-state index contributed by atoms with van der Waals surface area (Å²) >= 11 is 0. The molecule has 3 rings (SSSR count). The minimum atomic E-state index is 0.00214. The largest absolute Gasteiger partial charge is 0.494 e. The Labute approximate surface area is 124 Å². The van der Waals surface area contributed by atoms with Crippen molar-refractivity contribution in [3.63, 3.8) is 0 Å². The lowest BCUT2D eigenvalue weighted by atomic mass is 10.1. The summed E-state index contributed by atoms with van der Waals surface area (Å²) in [6.07, 6.45) is 3.07. The number of benzene rings is 1. The summed E-state index contributed by atoms with van der Waals surface area (Å²) in [5, 5.41) is 0. The predicted molar refractivity (Wildman–Crippen MR) is 83.1 cm³/mol. The molecule has 0 amide bonds. The van der Waals surface area contributed by atoms with Crippen LogP contribution >= 0.6 is 0 Å². The molecule has 1 aromatic carbocycles. The molecule has 110 valence electrons. The number of aromatic nitrogens is 1. The van der Waals surface area contributed by atoms with Crippen molar-refractivity contribution in [3.05, 3.63) is 57.5 Å². The van der Waals surface area contributed by atoms with E-state index in [0.717, 1.165) is 36.4 Å². The zero-order chi connectivity index (χ0) is 14.8. The molecule has 1 heterocycles. The van der Waals surface area contributed by atoms with Crippen LogP contribution in [0.15, 0.2) is 35.1 Å². The number of aryl methyl sites for hydroxylation is 1. The third-order valence-corrected chi connectivity index (χ3v) is 3.95. The van der Waals surface area contributed by atoms with Gasteiger partial charge in [-0.1, -0.05) is 0 Å². The molecule has 0 spiro atoms. The standard InChI is InChI=1S/C17H20N2O2/c1-2-21-15-8-6-14(7-9-15)19-16-5-3-4-12(16)10-13(11-18)17(19)20/h6-10H,2-5,11,18H2,1H3. The second-order valence-corrected chi connectivity index (χ2v) is 5.27. The van der Waals surface area contributed by atoms with Gasteiger partial charge in [0.05, 0.1) is 6.61 Å². The molecule has 0 saturated heterocycles. The zero-order valence-corrected chi connectivity index (χ0v) is 12.3. The smallest absolute Gasteiger partial charge is 0.259 e. The van der Waals surface area contributed by atoms with Crippen LogP contribution in [0.25, 0.3) is 5.69 Å². The van der Waals surface area contributed by atoms with Gasteiger partial charge in [-0.05, 0) is 62.1 Å². The summed E-state index contributed by atoms with van der Waals surface area (Å²) in [4.78, 5) is 12.6. The van der Waals surface area contributed by atoms with Gasteiger partial charge in [0, 0.05) is 23.5 Å². The molecule has 0 saturated carbocycles. The van der Waals surface area contributed by atoms with Gasteiger partial charge in [-0.2, -0.15) is 0 Å². The Morgan fingerprint density at radius 2 is 2.00 bits per heavy atom. The van der Waals surface area contributed by atoms with Crippen LogP contribution in [0.3, 0.4) is 0 Å². The molecule has 0 aliphatic heterocycles. The van der Waals surface area contributed by atoms with Crippen LogP contribution in [-0.4, -0.2) is 11.2 Å². The van der Waals surface area contributed by atoms with E-state index in [0.29, 0.717) is 12.2 Å². The lowest BCUT2D eigenvalue weighted by Gasteiger charge is -2.15. The Kier molecular flexibility index (Phi) is 3.80. The van der Waals surface area contributed by atoms with Crippen molar-refractivity contribution >= 4 is 0 Å². The second-order valence-electron chi connectivity index (χ2n) is 5.27. The highest BCUT2D eigenvalue weighted by atomic mass is 16.5. The molecule has 0 radical (unpaired) electrons. The van der Waals surface area contributed by atoms with E-state index in [2.05, 4.69) is 0 Å². The number of fused-ring (bicyclic) bond motifs is 1. The van der Waals surface area contributed by atoms with Crippen LogP contribution in [0.1, 0.15) is 30.2 Å². The Bertz CT molecular complexity index is 702. The Morgan fingerprint density at radius 1 is 1.24 bits per heavy atom. The first kappa shape index (κ1) is 13.9. The molecule has 2 N–H and O–H groups in total. The van der Waals surface area contributed by atoms with Crippen LogP contribution in [-0.2, 0) is 19.4 Å². The fourth-order valence-corrected chi connectivity index (χ4v) is 2.98. The van der Waals surface area contributed by atoms with E-state index >= 15 is 0 Å². The zero-order valence-electron chi connectivity index (χ0n) is 12.3.